The first-order valence-electron chi connectivity index (χ1n) is 8.90. The van der Waals surface area contributed by atoms with Crippen molar-refractivity contribution in [3.05, 3.63) is 83.7 Å². The maximum absolute atomic E-state index is 14.6. The number of ether oxygens (including phenoxy) is 1. The van der Waals surface area contributed by atoms with Crippen LogP contribution >= 0.6 is 0 Å². The fraction of sp³-hybridized carbons (Fsp3) is 0.0870. The molecule has 4 rings (SSSR count). The van der Waals surface area contributed by atoms with E-state index in [0.717, 1.165) is 16.8 Å². The average molecular weight is 374 g/mol. The van der Waals surface area contributed by atoms with Gasteiger partial charge in [-0.15, -0.1) is 0 Å². The minimum Gasteiger partial charge on any atom is -0.496 e. The molecule has 1 heterocycles. The summed E-state index contributed by atoms with van der Waals surface area (Å²) in [6.45, 7) is 0. The highest BCUT2D eigenvalue weighted by Crippen LogP contribution is 2.40. The Balaban J connectivity index is 1.93. The lowest BCUT2D eigenvalue weighted by Gasteiger charge is -2.13. The molecule has 0 aliphatic carbocycles. The Morgan fingerprint density at radius 2 is 1.82 bits per heavy atom. The molecule has 0 unspecified atom stereocenters. The highest BCUT2D eigenvalue weighted by atomic mass is 19.1. The summed E-state index contributed by atoms with van der Waals surface area (Å²) < 4.78 is 19.9. The molecule has 0 bridgehead atoms. The van der Waals surface area contributed by atoms with Crippen molar-refractivity contribution in [1.29, 1.82) is 0 Å². The van der Waals surface area contributed by atoms with Gasteiger partial charge in [-0.25, -0.2) is 4.39 Å². The lowest BCUT2D eigenvalue weighted by Crippen LogP contribution is -2.13. The molecule has 0 aromatic heterocycles. The summed E-state index contributed by atoms with van der Waals surface area (Å²) in [6.07, 6.45) is 0. The van der Waals surface area contributed by atoms with Crippen LogP contribution in [0.2, 0.25) is 0 Å². The van der Waals surface area contributed by atoms with Gasteiger partial charge in [-0.05, 0) is 35.4 Å². The number of fused-ring (bicyclic) bond motifs is 1. The molecular formula is C23H19FN2O2. The number of carbonyl (C=O) groups excluding carboxylic acids is 1. The fourth-order valence-electron chi connectivity index (χ4n) is 3.54. The highest BCUT2D eigenvalue weighted by molar-refractivity contribution is 6.36. The van der Waals surface area contributed by atoms with E-state index in [-0.39, 0.29) is 11.7 Å². The van der Waals surface area contributed by atoms with Gasteiger partial charge in [0.15, 0.2) is 0 Å². The maximum atomic E-state index is 14.6. The van der Waals surface area contributed by atoms with Gasteiger partial charge >= 0.3 is 0 Å². The highest BCUT2D eigenvalue weighted by Gasteiger charge is 2.29. The molecule has 0 atom stereocenters. The molecule has 0 fully saturated rings. The molecule has 1 amide bonds. The van der Waals surface area contributed by atoms with Gasteiger partial charge in [0.25, 0.3) is 5.91 Å². The monoisotopic (exact) mass is 374 g/mol. The summed E-state index contributed by atoms with van der Waals surface area (Å²) in [7, 11) is 3.29. The molecule has 0 saturated heterocycles. The predicted molar refractivity (Wildman–Crippen MR) is 109 cm³/mol. The van der Waals surface area contributed by atoms with Crippen molar-refractivity contribution in [2.24, 2.45) is 0 Å². The zero-order valence-electron chi connectivity index (χ0n) is 15.5. The minimum absolute atomic E-state index is 0.194. The number of rotatable bonds is 4. The summed E-state index contributed by atoms with van der Waals surface area (Å²) in [5.41, 5.74) is 4.58. The quantitative estimate of drug-likeness (QED) is 0.659. The van der Waals surface area contributed by atoms with E-state index in [0.29, 0.717) is 28.1 Å². The van der Waals surface area contributed by atoms with Crippen LogP contribution in [-0.4, -0.2) is 20.1 Å². The summed E-state index contributed by atoms with van der Waals surface area (Å²) in [5, 5.41) is 6.04. The summed E-state index contributed by atoms with van der Waals surface area (Å²) in [4.78, 5) is 12.7. The van der Waals surface area contributed by atoms with Crippen LogP contribution in [0.5, 0.6) is 5.75 Å². The molecule has 28 heavy (non-hydrogen) atoms. The predicted octanol–water partition coefficient (Wildman–Crippen LogP) is 4.54. The Morgan fingerprint density at radius 3 is 2.54 bits per heavy atom. The second-order valence-corrected chi connectivity index (χ2v) is 6.40. The average Bonchev–Trinajstić information content (AvgIpc) is 3.04. The molecule has 4 nitrogen and oxygen atoms in total. The van der Waals surface area contributed by atoms with Crippen LogP contribution in [0.3, 0.4) is 0 Å². The van der Waals surface area contributed by atoms with Crippen LogP contribution in [0.1, 0.15) is 11.1 Å². The van der Waals surface area contributed by atoms with Gasteiger partial charge < -0.3 is 15.4 Å². The van der Waals surface area contributed by atoms with E-state index >= 15 is 0 Å². The lowest BCUT2D eigenvalue weighted by atomic mass is 9.96. The minimum atomic E-state index is -0.376. The third-order valence-electron chi connectivity index (χ3n) is 4.81. The Kier molecular flexibility index (Phi) is 4.57. The van der Waals surface area contributed by atoms with Crippen molar-refractivity contribution in [3.8, 4) is 16.9 Å². The van der Waals surface area contributed by atoms with E-state index in [9.17, 15) is 9.18 Å². The molecule has 0 spiro atoms. The van der Waals surface area contributed by atoms with E-state index in [1.807, 2.05) is 36.4 Å². The van der Waals surface area contributed by atoms with Crippen LogP contribution < -0.4 is 15.4 Å². The molecule has 1 aliphatic heterocycles. The standard InChI is InChI=1S/C23H19FN2O2/c1-25-22(14-7-4-3-5-8-14)21-16-13-15(11-12-18(16)26-23(21)27)20-17(24)9-6-10-19(20)28-2/h3-13,25H,1-2H3,(H,26,27)/b22-21-. The van der Waals surface area contributed by atoms with E-state index < -0.39 is 0 Å². The molecule has 2 N–H and O–H groups in total. The van der Waals surface area contributed by atoms with Gasteiger partial charge in [0.05, 0.1) is 23.9 Å². The Hall–Kier alpha value is -3.60. The number of benzene rings is 3. The van der Waals surface area contributed by atoms with Crippen molar-refractivity contribution < 1.29 is 13.9 Å². The fourth-order valence-corrected chi connectivity index (χ4v) is 3.54. The lowest BCUT2D eigenvalue weighted by molar-refractivity contribution is -0.110. The van der Waals surface area contributed by atoms with Crippen molar-refractivity contribution in [1.82, 2.24) is 5.32 Å². The van der Waals surface area contributed by atoms with E-state index in [4.69, 9.17) is 4.74 Å². The second kappa shape index (κ2) is 7.19. The number of anilines is 1. The van der Waals surface area contributed by atoms with E-state index in [1.165, 1.54) is 13.2 Å². The van der Waals surface area contributed by atoms with Gasteiger partial charge in [-0.2, -0.15) is 0 Å². The molecule has 3 aromatic carbocycles. The molecule has 0 saturated carbocycles. The molecule has 140 valence electrons. The van der Waals surface area contributed by atoms with Crippen molar-refractivity contribution >= 4 is 22.9 Å². The van der Waals surface area contributed by atoms with E-state index in [1.54, 1.807) is 31.3 Å². The number of hydrogen-bond donors (Lipinski definition) is 2. The van der Waals surface area contributed by atoms with E-state index in [2.05, 4.69) is 10.6 Å². The second-order valence-electron chi connectivity index (χ2n) is 6.40. The van der Waals surface area contributed by atoms with Gasteiger partial charge in [0, 0.05) is 18.3 Å². The number of carbonyl (C=O) groups is 1. The Labute approximate surface area is 162 Å². The number of amides is 1. The topological polar surface area (TPSA) is 50.4 Å². The molecule has 5 heteroatoms. The third-order valence-corrected chi connectivity index (χ3v) is 4.81. The zero-order chi connectivity index (χ0) is 19.7. The Bertz CT molecular complexity index is 1090. The number of methoxy groups -OCH3 is 1. The van der Waals surface area contributed by atoms with Gasteiger partial charge in [0.1, 0.15) is 11.6 Å². The summed E-state index contributed by atoms with van der Waals surface area (Å²) in [6, 6.07) is 19.8. The smallest absolute Gasteiger partial charge is 0.258 e. The first-order chi connectivity index (χ1) is 13.6. The largest absolute Gasteiger partial charge is 0.496 e. The maximum Gasteiger partial charge on any atom is 0.258 e. The molecular weight excluding hydrogens is 355 g/mol. The van der Waals surface area contributed by atoms with Crippen LogP contribution in [0.15, 0.2) is 66.7 Å². The summed E-state index contributed by atoms with van der Waals surface area (Å²) >= 11 is 0. The normalized spacial score (nSPS) is 14.3. The van der Waals surface area contributed by atoms with Crippen molar-refractivity contribution in [2.45, 2.75) is 0 Å². The van der Waals surface area contributed by atoms with Gasteiger partial charge in [-0.1, -0.05) is 42.5 Å². The zero-order valence-corrected chi connectivity index (χ0v) is 15.5. The first kappa shape index (κ1) is 17.8. The molecule has 3 aromatic rings. The van der Waals surface area contributed by atoms with Crippen LogP contribution in [0.4, 0.5) is 10.1 Å². The van der Waals surface area contributed by atoms with Crippen molar-refractivity contribution in [3.63, 3.8) is 0 Å². The van der Waals surface area contributed by atoms with Crippen molar-refractivity contribution in [2.75, 3.05) is 19.5 Å². The summed E-state index contributed by atoms with van der Waals surface area (Å²) in [5.74, 6) is -0.125. The molecule has 0 radical (unpaired) electrons. The first-order valence-corrected chi connectivity index (χ1v) is 8.90. The van der Waals surface area contributed by atoms with Crippen LogP contribution in [-0.2, 0) is 4.79 Å². The van der Waals surface area contributed by atoms with Crippen LogP contribution in [0.25, 0.3) is 22.4 Å². The van der Waals surface area contributed by atoms with Gasteiger partial charge in [-0.3, -0.25) is 4.79 Å². The number of nitrogens with one attached hydrogen (secondary N) is 2. The third kappa shape index (κ3) is 2.91. The van der Waals surface area contributed by atoms with Gasteiger partial charge in [0.2, 0.25) is 0 Å². The van der Waals surface area contributed by atoms with Crippen LogP contribution in [0, 0.1) is 5.82 Å². The number of halogens is 1. The SMILES string of the molecule is CN/C(=C1\C(=O)Nc2ccc(-c3c(F)cccc3OC)cc21)c1ccccc1. The Morgan fingerprint density at radius 1 is 1.04 bits per heavy atom. The number of hydrogen-bond acceptors (Lipinski definition) is 3. The molecule has 1 aliphatic rings.